The van der Waals surface area contributed by atoms with Gasteiger partial charge in [-0.1, -0.05) is 54.6 Å². The third kappa shape index (κ3) is 2.13. The van der Waals surface area contributed by atoms with E-state index in [1.165, 1.54) is 5.56 Å². The molecule has 0 radical (unpaired) electrons. The van der Waals surface area contributed by atoms with Gasteiger partial charge in [-0.15, -0.1) is 0 Å². The highest BCUT2D eigenvalue weighted by atomic mass is 16.6. The van der Waals surface area contributed by atoms with Crippen LogP contribution in [0.25, 0.3) is 0 Å². The number of carbonyl (C=O) groups excluding carboxylic acids is 1. The average molecular weight is 346 g/mol. The molecule has 0 N–H and O–H groups in total. The molecule has 2 bridgehead atoms. The summed E-state index contributed by atoms with van der Waals surface area (Å²) in [6.07, 6.45) is 6.05. The molecule has 0 aromatic heterocycles. The molecule has 5 atom stereocenters. The number of benzene rings is 2. The van der Waals surface area contributed by atoms with E-state index in [-0.39, 0.29) is 35.1 Å². The van der Waals surface area contributed by atoms with Crippen molar-refractivity contribution in [1.29, 1.82) is 0 Å². The second kappa shape index (κ2) is 5.55. The van der Waals surface area contributed by atoms with Gasteiger partial charge in [0.15, 0.2) is 0 Å². The highest BCUT2D eigenvalue weighted by Gasteiger charge is 2.68. The number of esters is 1. The summed E-state index contributed by atoms with van der Waals surface area (Å²) in [7, 11) is 0. The third-order valence-electron chi connectivity index (χ3n) is 6.42. The summed E-state index contributed by atoms with van der Waals surface area (Å²) >= 11 is 0. The van der Waals surface area contributed by atoms with E-state index in [9.17, 15) is 4.79 Å². The molecule has 2 saturated heterocycles. The van der Waals surface area contributed by atoms with Gasteiger partial charge in [0.25, 0.3) is 0 Å². The van der Waals surface area contributed by atoms with Crippen molar-refractivity contribution in [1.82, 2.24) is 0 Å². The second-order valence-electron chi connectivity index (χ2n) is 7.84. The van der Waals surface area contributed by atoms with Gasteiger partial charge in [0, 0.05) is 11.8 Å². The Morgan fingerprint density at radius 2 is 1.69 bits per heavy atom. The van der Waals surface area contributed by atoms with Gasteiger partial charge in [-0.25, -0.2) is 4.79 Å². The third-order valence-corrected chi connectivity index (χ3v) is 6.42. The molecule has 0 amide bonds. The van der Waals surface area contributed by atoms with Crippen LogP contribution in [0.2, 0.25) is 0 Å². The molecule has 2 aliphatic heterocycles. The highest BCUT2D eigenvalue weighted by Crippen LogP contribution is 2.65. The van der Waals surface area contributed by atoms with Gasteiger partial charge >= 0.3 is 5.97 Å². The number of ether oxygens (including phenoxy) is 2. The molecule has 2 heterocycles. The first-order valence-electron chi connectivity index (χ1n) is 9.32. The Morgan fingerprint density at radius 3 is 2.42 bits per heavy atom. The minimum absolute atomic E-state index is 0.170. The van der Waals surface area contributed by atoms with E-state index in [0.29, 0.717) is 5.56 Å². The van der Waals surface area contributed by atoms with E-state index in [0.717, 1.165) is 12.8 Å². The summed E-state index contributed by atoms with van der Waals surface area (Å²) in [5.41, 5.74) is 1.28. The van der Waals surface area contributed by atoms with Gasteiger partial charge in [-0.2, -0.15) is 0 Å². The molecule has 2 fully saturated rings. The molecule has 0 spiro atoms. The van der Waals surface area contributed by atoms with E-state index in [1.807, 2.05) is 24.3 Å². The van der Waals surface area contributed by atoms with Crippen LogP contribution in [0, 0.1) is 11.8 Å². The summed E-state index contributed by atoms with van der Waals surface area (Å²) in [5, 5.41) is 0. The lowest BCUT2D eigenvalue weighted by Crippen LogP contribution is -2.42. The van der Waals surface area contributed by atoms with Crippen LogP contribution in [0.15, 0.2) is 72.8 Å². The molecule has 1 aliphatic carbocycles. The van der Waals surface area contributed by atoms with Crippen molar-refractivity contribution >= 4 is 5.97 Å². The lowest BCUT2D eigenvalue weighted by molar-refractivity contribution is -0.0656. The molecule has 0 unspecified atom stereocenters. The quantitative estimate of drug-likeness (QED) is 0.607. The van der Waals surface area contributed by atoms with Crippen LogP contribution in [0.5, 0.6) is 0 Å². The Hall–Kier alpha value is -2.39. The minimum atomic E-state index is -0.287. The first-order chi connectivity index (χ1) is 12.6. The lowest BCUT2D eigenvalue weighted by atomic mass is 9.66. The van der Waals surface area contributed by atoms with E-state index in [4.69, 9.17) is 9.47 Å². The van der Waals surface area contributed by atoms with E-state index >= 15 is 0 Å². The Balaban J connectivity index is 1.44. The summed E-state index contributed by atoms with van der Waals surface area (Å²) in [6.45, 7) is 2.18. The molecular formula is C23H22O3. The van der Waals surface area contributed by atoms with Crippen LogP contribution < -0.4 is 0 Å². The number of fused-ring (bicyclic) bond motifs is 5. The molecule has 2 aromatic carbocycles. The van der Waals surface area contributed by atoms with Crippen molar-refractivity contribution in [3.63, 3.8) is 0 Å². The molecule has 26 heavy (non-hydrogen) atoms. The number of hydrogen-bond donors (Lipinski definition) is 0. The molecule has 0 saturated carbocycles. The maximum absolute atomic E-state index is 12.6. The number of carbonyl (C=O) groups is 1. The fourth-order valence-corrected chi connectivity index (χ4v) is 5.26. The molecule has 132 valence electrons. The Morgan fingerprint density at radius 1 is 1.00 bits per heavy atom. The van der Waals surface area contributed by atoms with Gasteiger partial charge in [0.1, 0.15) is 11.7 Å². The Bertz CT molecular complexity index is 860. The first-order valence-corrected chi connectivity index (χ1v) is 9.32. The van der Waals surface area contributed by atoms with Gasteiger partial charge in [0.05, 0.1) is 11.2 Å². The number of hydrogen-bond acceptors (Lipinski definition) is 3. The summed E-state index contributed by atoms with van der Waals surface area (Å²) in [6, 6.07) is 19.7. The van der Waals surface area contributed by atoms with Gasteiger partial charge in [0.2, 0.25) is 0 Å². The molecule has 5 rings (SSSR count). The van der Waals surface area contributed by atoms with Crippen LogP contribution >= 0.6 is 0 Å². The van der Waals surface area contributed by atoms with Gasteiger partial charge in [-0.3, -0.25) is 0 Å². The summed E-state index contributed by atoms with van der Waals surface area (Å²) in [4.78, 5) is 12.6. The monoisotopic (exact) mass is 346 g/mol. The second-order valence-corrected chi connectivity index (χ2v) is 7.84. The normalized spacial score (nSPS) is 36.9. The van der Waals surface area contributed by atoms with Crippen molar-refractivity contribution in [2.45, 2.75) is 37.1 Å². The van der Waals surface area contributed by atoms with Crippen molar-refractivity contribution in [2.24, 2.45) is 11.8 Å². The van der Waals surface area contributed by atoms with Crippen molar-refractivity contribution in [3.8, 4) is 0 Å². The largest absolute Gasteiger partial charge is 0.454 e. The smallest absolute Gasteiger partial charge is 0.338 e. The summed E-state index contributed by atoms with van der Waals surface area (Å²) in [5.74, 6) is 0.155. The first kappa shape index (κ1) is 15.8. The Labute approximate surface area is 153 Å². The zero-order chi connectivity index (χ0) is 17.8. The topological polar surface area (TPSA) is 35.5 Å². The molecule has 2 aromatic rings. The van der Waals surface area contributed by atoms with E-state index in [2.05, 4.69) is 43.3 Å². The fourth-order valence-electron chi connectivity index (χ4n) is 5.26. The van der Waals surface area contributed by atoms with Crippen LogP contribution in [0.3, 0.4) is 0 Å². The zero-order valence-corrected chi connectivity index (χ0v) is 14.8. The van der Waals surface area contributed by atoms with E-state index in [1.54, 1.807) is 12.1 Å². The summed E-state index contributed by atoms with van der Waals surface area (Å²) < 4.78 is 12.6. The molecular weight excluding hydrogens is 324 g/mol. The maximum atomic E-state index is 12.6. The van der Waals surface area contributed by atoms with Crippen molar-refractivity contribution in [3.05, 3.63) is 83.9 Å². The number of rotatable bonds is 3. The Kier molecular flexibility index (Phi) is 3.38. The fraction of sp³-hybridized carbons (Fsp3) is 0.348. The highest BCUT2D eigenvalue weighted by molar-refractivity contribution is 5.89. The predicted octanol–water partition coefficient (Wildman–Crippen LogP) is 4.49. The molecule has 3 aliphatic rings. The molecule has 3 heteroatoms. The average Bonchev–Trinajstić information content (AvgIpc) is 3.33. The predicted molar refractivity (Wildman–Crippen MR) is 98.6 cm³/mol. The van der Waals surface area contributed by atoms with Crippen LogP contribution in [-0.2, 0) is 15.1 Å². The van der Waals surface area contributed by atoms with Crippen molar-refractivity contribution < 1.29 is 14.3 Å². The van der Waals surface area contributed by atoms with Crippen LogP contribution in [0.4, 0.5) is 0 Å². The van der Waals surface area contributed by atoms with Crippen molar-refractivity contribution in [2.75, 3.05) is 0 Å². The van der Waals surface area contributed by atoms with Crippen LogP contribution in [-0.4, -0.2) is 17.7 Å². The lowest BCUT2D eigenvalue weighted by Gasteiger charge is -2.35. The van der Waals surface area contributed by atoms with Gasteiger partial charge < -0.3 is 9.47 Å². The van der Waals surface area contributed by atoms with E-state index < -0.39 is 0 Å². The maximum Gasteiger partial charge on any atom is 0.338 e. The SMILES string of the molecule is C[C@@]12CC[C@@](c3ccccc3)(O1)[C@H]1C=C[C@H](OC(=O)c3ccccc3)[C@H]12. The zero-order valence-electron chi connectivity index (χ0n) is 14.8. The van der Waals surface area contributed by atoms with Crippen LogP contribution in [0.1, 0.15) is 35.7 Å². The standard InChI is InChI=1S/C23H22O3/c1-22-14-15-23(26-22,17-10-6-3-7-11-17)18-12-13-19(20(18)22)25-21(24)16-8-4-2-5-9-16/h2-13,18-20H,14-15H2,1H3/t18-,19-,20-,22-,23-/m0/s1. The van der Waals surface area contributed by atoms with Gasteiger partial charge in [-0.05, 0) is 43.5 Å². The minimum Gasteiger partial charge on any atom is -0.454 e. The molecule has 3 nitrogen and oxygen atoms in total.